The highest BCUT2D eigenvalue weighted by atomic mass is 32.2. The molecule has 0 saturated carbocycles. The number of hydrogen-bond acceptors (Lipinski definition) is 3. The Bertz CT molecular complexity index is 406. The number of anilines is 1. The van der Waals surface area contributed by atoms with Crippen LogP contribution in [0.1, 0.15) is 18.9 Å². The Hall–Kier alpha value is -1.00. The van der Waals surface area contributed by atoms with Crippen molar-refractivity contribution in [3.63, 3.8) is 0 Å². The topological polar surface area (TPSA) is 55.1 Å². The van der Waals surface area contributed by atoms with Crippen LogP contribution in [0.5, 0.6) is 0 Å². The minimum atomic E-state index is 0.0217. The van der Waals surface area contributed by atoms with E-state index >= 15 is 0 Å². The minimum Gasteiger partial charge on any atom is -0.327 e. The van der Waals surface area contributed by atoms with Crippen LogP contribution in [-0.4, -0.2) is 23.0 Å². The Labute approximate surface area is 106 Å². The van der Waals surface area contributed by atoms with Gasteiger partial charge in [-0.3, -0.25) is 4.79 Å². The number of thioether (sulfide) groups is 1. The molecule has 1 aliphatic rings. The zero-order valence-corrected chi connectivity index (χ0v) is 10.8. The van der Waals surface area contributed by atoms with E-state index in [1.807, 2.05) is 25.1 Å². The molecule has 0 bridgehead atoms. The van der Waals surface area contributed by atoms with Gasteiger partial charge in [0.05, 0.1) is 5.25 Å². The standard InChI is InChI=1S/C13H18N2OS/c1-9(14)8-17-12-7-6-10-4-2-3-5-11(10)15-13(12)16/h2-5,9,12H,6-8,14H2,1H3,(H,15,16). The molecule has 0 saturated heterocycles. The van der Waals surface area contributed by atoms with Gasteiger partial charge in [-0.2, -0.15) is 0 Å². The fourth-order valence-corrected chi connectivity index (χ4v) is 2.95. The first-order valence-electron chi connectivity index (χ1n) is 5.93. The Morgan fingerprint density at radius 2 is 2.29 bits per heavy atom. The average Bonchev–Trinajstić information content (AvgIpc) is 2.45. The maximum Gasteiger partial charge on any atom is 0.237 e. The molecule has 1 aromatic rings. The number of hydrogen-bond donors (Lipinski definition) is 2. The molecule has 0 radical (unpaired) electrons. The number of rotatable bonds is 3. The van der Waals surface area contributed by atoms with Crippen molar-refractivity contribution in [3.05, 3.63) is 29.8 Å². The number of carbonyl (C=O) groups is 1. The Morgan fingerprint density at radius 1 is 1.53 bits per heavy atom. The summed E-state index contributed by atoms with van der Waals surface area (Å²) in [6, 6.07) is 8.15. The van der Waals surface area contributed by atoms with Gasteiger partial charge in [-0.1, -0.05) is 18.2 Å². The number of fused-ring (bicyclic) bond motifs is 1. The van der Waals surface area contributed by atoms with Crippen LogP contribution in [0.25, 0.3) is 0 Å². The summed E-state index contributed by atoms with van der Waals surface area (Å²) in [7, 11) is 0. The lowest BCUT2D eigenvalue weighted by Crippen LogP contribution is -2.27. The lowest BCUT2D eigenvalue weighted by Gasteiger charge is -2.13. The Balaban J connectivity index is 2.05. The Morgan fingerprint density at radius 3 is 3.06 bits per heavy atom. The summed E-state index contributed by atoms with van der Waals surface area (Å²) in [6.07, 6.45) is 1.84. The zero-order chi connectivity index (χ0) is 12.3. The number of aryl methyl sites for hydroxylation is 1. The molecule has 0 aliphatic carbocycles. The molecule has 3 nitrogen and oxygen atoms in total. The summed E-state index contributed by atoms with van der Waals surface area (Å²) < 4.78 is 0. The van der Waals surface area contributed by atoms with Crippen molar-refractivity contribution in [2.75, 3.05) is 11.1 Å². The monoisotopic (exact) mass is 250 g/mol. The van der Waals surface area contributed by atoms with Crippen LogP contribution in [0, 0.1) is 0 Å². The molecule has 1 heterocycles. The van der Waals surface area contributed by atoms with Crippen LogP contribution >= 0.6 is 11.8 Å². The number of benzene rings is 1. The van der Waals surface area contributed by atoms with Gasteiger partial charge in [-0.15, -0.1) is 11.8 Å². The first-order chi connectivity index (χ1) is 8.16. The smallest absolute Gasteiger partial charge is 0.237 e. The quantitative estimate of drug-likeness (QED) is 0.863. The van der Waals surface area contributed by atoms with Crippen molar-refractivity contribution < 1.29 is 4.79 Å². The maximum absolute atomic E-state index is 12.0. The van der Waals surface area contributed by atoms with Crippen molar-refractivity contribution >= 4 is 23.4 Å². The molecule has 2 unspecified atom stereocenters. The molecule has 92 valence electrons. The molecule has 2 rings (SSSR count). The molecule has 2 atom stereocenters. The van der Waals surface area contributed by atoms with E-state index in [9.17, 15) is 4.79 Å². The van der Waals surface area contributed by atoms with Gasteiger partial charge in [0.25, 0.3) is 0 Å². The van der Waals surface area contributed by atoms with Gasteiger partial charge in [0.1, 0.15) is 0 Å². The third kappa shape index (κ3) is 3.23. The highest BCUT2D eigenvalue weighted by molar-refractivity contribution is 8.00. The van der Waals surface area contributed by atoms with Crippen molar-refractivity contribution in [1.82, 2.24) is 0 Å². The molecule has 3 N–H and O–H groups in total. The van der Waals surface area contributed by atoms with Crippen LogP contribution in [0.3, 0.4) is 0 Å². The van der Waals surface area contributed by atoms with E-state index in [1.165, 1.54) is 5.56 Å². The van der Waals surface area contributed by atoms with Crippen LogP contribution in [0.15, 0.2) is 24.3 Å². The molecular formula is C13H18N2OS. The molecule has 0 spiro atoms. The Kier molecular flexibility index (Phi) is 4.07. The summed E-state index contributed by atoms with van der Waals surface area (Å²) in [5.74, 6) is 0.939. The predicted molar refractivity (Wildman–Crippen MR) is 73.3 cm³/mol. The maximum atomic E-state index is 12.0. The van der Waals surface area contributed by atoms with E-state index in [2.05, 4.69) is 11.4 Å². The molecule has 1 aliphatic heterocycles. The van der Waals surface area contributed by atoms with E-state index in [1.54, 1.807) is 11.8 Å². The summed E-state index contributed by atoms with van der Waals surface area (Å²) in [6.45, 7) is 1.97. The summed E-state index contributed by atoms with van der Waals surface area (Å²) in [5, 5.41) is 3.02. The van der Waals surface area contributed by atoms with Crippen molar-refractivity contribution in [2.24, 2.45) is 5.73 Å². The average molecular weight is 250 g/mol. The molecular weight excluding hydrogens is 232 g/mol. The molecule has 17 heavy (non-hydrogen) atoms. The first-order valence-corrected chi connectivity index (χ1v) is 6.97. The number of para-hydroxylation sites is 1. The van der Waals surface area contributed by atoms with Gasteiger partial charge in [0.2, 0.25) is 5.91 Å². The molecule has 0 fully saturated rings. The second-order valence-electron chi connectivity index (χ2n) is 4.48. The molecule has 0 aromatic heterocycles. The van der Waals surface area contributed by atoms with E-state index in [0.717, 1.165) is 24.3 Å². The van der Waals surface area contributed by atoms with Crippen molar-refractivity contribution in [1.29, 1.82) is 0 Å². The minimum absolute atomic E-state index is 0.0217. The van der Waals surface area contributed by atoms with Crippen LogP contribution in [0.4, 0.5) is 5.69 Å². The second kappa shape index (κ2) is 5.56. The molecule has 1 aromatic carbocycles. The third-order valence-corrected chi connectivity index (χ3v) is 4.37. The first kappa shape index (κ1) is 12.5. The largest absolute Gasteiger partial charge is 0.327 e. The SMILES string of the molecule is CC(N)CSC1CCc2ccccc2NC1=O. The van der Waals surface area contributed by atoms with Crippen molar-refractivity contribution in [3.8, 4) is 0 Å². The highest BCUT2D eigenvalue weighted by Crippen LogP contribution is 2.27. The van der Waals surface area contributed by atoms with Gasteiger partial charge in [-0.25, -0.2) is 0 Å². The fourth-order valence-electron chi connectivity index (χ4n) is 1.92. The molecule has 4 heteroatoms. The van der Waals surface area contributed by atoms with Crippen LogP contribution in [-0.2, 0) is 11.2 Å². The number of nitrogens with one attached hydrogen (secondary N) is 1. The number of nitrogens with two attached hydrogens (primary N) is 1. The third-order valence-electron chi connectivity index (χ3n) is 2.80. The summed E-state index contributed by atoms with van der Waals surface area (Å²) in [5.41, 5.74) is 7.91. The second-order valence-corrected chi connectivity index (χ2v) is 5.72. The highest BCUT2D eigenvalue weighted by Gasteiger charge is 2.23. The summed E-state index contributed by atoms with van der Waals surface area (Å²) in [4.78, 5) is 12.0. The van der Waals surface area contributed by atoms with Gasteiger partial charge in [-0.05, 0) is 31.4 Å². The zero-order valence-electron chi connectivity index (χ0n) is 9.98. The van der Waals surface area contributed by atoms with Gasteiger partial charge in [0.15, 0.2) is 0 Å². The predicted octanol–water partition coefficient (Wildman–Crippen LogP) is 2.02. The normalized spacial score (nSPS) is 21.3. The fraction of sp³-hybridized carbons (Fsp3) is 0.462. The van der Waals surface area contributed by atoms with Gasteiger partial charge >= 0.3 is 0 Å². The van der Waals surface area contributed by atoms with E-state index in [4.69, 9.17) is 5.73 Å². The van der Waals surface area contributed by atoms with Crippen LogP contribution in [0.2, 0.25) is 0 Å². The number of carbonyl (C=O) groups excluding carboxylic acids is 1. The van der Waals surface area contributed by atoms with E-state index < -0.39 is 0 Å². The number of amides is 1. The summed E-state index contributed by atoms with van der Waals surface area (Å²) >= 11 is 1.66. The van der Waals surface area contributed by atoms with Gasteiger partial charge < -0.3 is 11.1 Å². The molecule has 1 amide bonds. The van der Waals surface area contributed by atoms with E-state index in [0.29, 0.717) is 0 Å². The van der Waals surface area contributed by atoms with E-state index in [-0.39, 0.29) is 17.2 Å². The van der Waals surface area contributed by atoms with Crippen molar-refractivity contribution in [2.45, 2.75) is 31.1 Å². The lowest BCUT2D eigenvalue weighted by atomic mass is 10.1. The van der Waals surface area contributed by atoms with Gasteiger partial charge in [0, 0.05) is 17.5 Å². The van der Waals surface area contributed by atoms with Crippen LogP contribution < -0.4 is 11.1 Å². The lowest BCUT2D eigenvalue weighted by molar-refractivity contribution is -0.115.